The van der Waals surface area contributed by atoms with Crippen molar-refractivity contribution in [1.82, 2.24) is 10.2 Å². The molecule has 0 amide bonds. The number of rotatable bonds is 5. The predicted octanol–water partition coefficient (Wildman–Crippen LogP) is 0.781. The molecule has 0 aromatic rings. The zero-order valence-electron chi connectivity index (χ0n) is 9.70. The third-order valence-corrected chi connectivity index (χ3v) is 3.12. The van der Waals surface area contributed by atoms with E-state index >= 15 is 0 Å². The third kappa shape index (κ3) is 3.80. The second-order valence-corrected chi connectivity index (χ2v) is 4.44. The predicted molar refractivity (Wildman–Crippen MR) is 59.9 cm³/mol. The van der Waals surface area contributed by atoms with Crippen LogP contribution in [0.4, 0.5) is 0 Å². The van der Waals surface area contributed by atoms with E-state index < -0.39 is 5.97 Å². The van der Waals surface area contributed by atoms with Gasteiger partial charge in [0.05, 0.1) is 5.92 Å². The van der Waals surface area contributed by atoms with E-state index in [4.69, 9.17) is 5.11 Å². The maximum absolute atomic E-state index is 10.8. The molecule has 1 saturated heterocycles. The molecule has 0 aromatic carbocycles. The van der Waals surface area contributed by atoms with Gasteiger partial charge in [0, 0.05) is 19.1 Å². The Morgan fingerprint density at radius 1 is 1.60 bits per heavy atom. The number of likely N-dealkylation sites (N-methyl/N-ethyl adjacent to an activating group) is 1. The summed E-state index contributed by atoms with van der Waals surface area (Å²) in [7, 11) is 1.95. The molecule has 88 valence electrons. The molecular weight excluding hydrogens is 192 g/mol. The summed E-state index contributed by atoms with van der Waals surface area (Å²) in [6.07, 6.45) is 3.66. The molecule has 0 radical (unpaired) electrons. The van der Waals surface area contributed by atoms with Crippen LogP contribution in [0, 0.1) is 5.92 Å². The third-order valence-electron chi connectivity index (χ3n) is 3.12. The highest BCUT2D eigenvalue weighted by atomic mass is 16.4. The lowest BCUT2D eigenvalue weighted by Crippen LogP contribution is -2.47. The molecule has 0 aliphatic carbocycles. The zero-order chi connectivity index (χ0) is 11.3. The van der Waals surface area contributed by atoms with Crippen LogP contribution in [-0.4, -0.2) is 48.7 Å². The Morgan fingerprint density at radius 2 is 2.33 bits per heavy atom. The van der Waals surface area contributed by atoms with Gasteiger partial charge in [0.15, 0.2) is 0 Å². The van der Waals surface area contributed by atoms with Crippen molar-refractivity contribution in [2.75, 3.05) is 26.7 Å². The molecule has 0 saturated carbocycles. The van der Waals surface area contributed by atoms with E-state index in [9.17, 15) is 4.79 Å². The summed E-state index contributed by atoms with van der Waals surface area (Å²) in [5, 5.41) is 12.1. The molecule has 1 fully saturated rings. The molecule has 0 spiro atoms. The van der Waals surface area contributed by atoms with Gasteiger partial charge in [-0.1, -0.05) is 13.3 Å². The van der Waals surface area contributed by atoms with Gasteiger partial charge < -0.3 is 10.4 Å². The molecule has 4 heteroatoms. The maximum atomic E-state index is 10.8. The summed E-state index contributed by atoms with van der Waals surface area (Å²) in [5.74, 6) is -0.953. The number of piperidine rings is 1. The number of carboxylic acid groups (broad SMARTS) is 1. The quantitative estimate of drug-likeness (QED) is 0.710. The van der Waals surface area contributed by atoms with Crippen molar-refractivity contribution in [3.63, 3.8) is 0 Å². The summed E-state index contributed by atoms with van der Waals surface area (Å²) < 4.78 is 0. The van der Waals surface area contributed by atoms with Crippen molar-refractivity contribution < 1.29 is 9.90 Å². The van der Waals surface area contributed by atoms with Gasteiger partial charge in [-0.25, -0.2) is 0 Å². The van der Waals surface area contributed by atoms with Crippen LogP contribution in [-0.2, 0) is 4.79 Å². The van der Waals surface area contributed by atoms with E-state index in [0.717, 1.165) is 13.1 Å². The summed E-state index contributed by atoms with van der Waals surface area (Å²) in [6.45, 7) is 4.48. The number of carbonyl (C=O) groups is 1. The fourth-order valence-electron chi connectivity index (χ4n) is 2.20. The van der Waals surface area contributed by atoms with Crippen LogP contribution in [0.2, 0.25) is 0 Å². The van der Waals surface area contributed by atoms with Crippen molar-refractivity contribution in [1.29, 1.82) is 0 Å². The van der Waals surface area contributed by atoms with Crippen molar-refractivity contribution >= 4 is 5.97 Å². The molecule has 1 rings (SSSR count). The van der Waals surface area contributed by atoms with Gasteiger partial charge in [0.25, 0.3) is 0 Å². The molecule has 2 unspecified atom stereocenters. The summed E-state index contributed by atoms with van der Waals surface area (Å²) >= 11 is 0. The molecule has 2 atom stereocenters. The number of likely N-dealkylation sites (tertiary alicyclic amines) is 1. The second kappa shape index (κ2) is 6.08. The van der Waals surface area contributed by atoms with E-state index in [2.05, 4.69) is 10.2 Å². The second-order valence-electron chi connectivity index (χ2n) is 4.44. The maximum Gasteiger partial charge on any atom is 0.307 e. The van der Waals surface area contributed by atoms with Crippen molar-refractivity contribution in [3.05, 3.63) is 0 Å². The standard InChI is InChI=1S/C11H22N2O2/c1-9(11(14)15)8-13-6-4-3-5-10(13)7-12-2/h9-10,12H,3-8H2,1-2H3,(H,14,15). The highest BCUT2D eigenvalue weighted by Crippen LogP contribution is 2.17. The Bertz CT molecular complexity index is 207. The normalized spacial score (nSPS) is 25.1. The summed E-state index contributed by atoms with van der Waals surface area (Å²) in [5.41, 5.74) is 0. The fraction of sp³-hybridized carbons (Fsp3) is 0.909. The van der Waals surface area contributed by atoms with E-state index in [1.807, 2.05) is 7.05 Å². The first-order chi connectivity index (χ1) is 7.15. The highest BCUT2D eigenvalue weighted by molar-refractivity contribution is 5.69. The Balaban J connectivity index is 2.45. The van der Waals surface area contributed by atoms with Crippen LogP contribution in [0.15, 0.2) is 0 Å². The SMILES string of the molecule is CNCC1CCCCN1CC(C)C(=O)O. The average molecular weight is 214 g/mol. The van der Waals surface area contributed by atoms with Crippen LogP contribution in [0.1, 0.15) is 26.2 Å². The van der Waals surface area contributed by atoms with Gasteiger partial charge >= 0.3 is 5.97 Å². The molecule has 0 bridgehead atoms. The monoisotopic (exact) mass is 214 g/mol. The van der Waals surface area contributed by atoms with Crippen molar-refractivity contribution in [3.8, 4) is 0 Å². The smallest absolute Gasteiger partial charge is 0.307 e. The van der Waals surface area contributed by atoms with E-state index in [1.165, 1.54) is 19.3 Å². The number of nitrogens with one attached hydrogen (secondary N) is 1. The van der Waals surface area contributed by atoms with E-state index in [0.29, 0.717) is 12.6 Å². The Morgan fingerprint density at radius 3 is 2.93 bits per heavy atom. The van der Waals surface area contributed by atoms with Gasteiger partial charge in [-0.05, 0) is 26.4 Å². The van der Waals surface area contributed by atoms with Crippen molar-refractivity contribution in [2.45, 2.75) is 32.2 Å². The average Bonchev–Trinajstić information content (AvgIpc) is 2.21. The molecular formula is C11H22N2O2. The fourth-order valence-corrected chi connectivity index (χ4v) is 2.20. The van der Waals surface area contributed by atoms with Gasteiger partial charge in [-0.2, -0.15) is 0 Å². The number of hydrogen-bond donors (Lipinski definition) is 2. The zero-order valence-corrected chi connectivity index (χ0v) is 9.70. The Kier molecular flexibility index (Phi) is 5.05. The number of nitrogens with zero attached hydrogens (tertiary/aromatic N) is 1. The molecule has 0 aromatic heterocycles. The first-order valence-corrected chi connectivity index (χ1v) is 5.76. The number of hydrogen-bond acceptors (Lipinski definition) is 3. The minimum absolute atomic E-state index is 0.262. The lowest BCUT2D eigenvalue weighted by atomic mass is 10.00. The minimum atomic E-state index is -0.691. The minimum Gasteiger partial charge on any atom is -0.481 e. The molecule has 2 N–H and O–H groups in total. The molecule has 15 heavy (non-hydrogen) atoms. The molecule has 4 nitrogen and oxygen atoms in total. The lowest BCUT2D eigenvalue weighted by Gasteiger charge is -2.36. The molecule has 1 heterocycles. The van der Waals surface area contributed by atoms with Crippen molar-refractivity contribution in [2.24, 2.45) is 5.92 Å². The Hall–Kier alpha value is -0.610. The van der Waals surface area contributed by atoms with Gasteiger partial charge in [-0.3, -0.25) is 9.69 Å². The first-order valence-electron chi connectivity index (χ1n) is 5.76. The van der Waals surface area contributed by atoms with Crippen LogP contribution < -0.4 is 5.32 Å². The van der Waals surface area contributed by atoms with E-state index in [-0.39, 0.29) is 5.92 Å². The highest BCUT2D eigenvalue weighted by Gasteiger charge is 2.24. The largest absolute Gasteiger partial charge is 0.481 e. The van der Waals surface area contributed by atoms with Crippen LogP contribution in [0.5, 0.6) is 0 Å². The lowest BCUT2D eigenvalue weighted by molar-refractivity contribution is -0.142. The topological polar surface area (TPSA) is 52.6 Å². The Labute approximate surface area is 91.6 Å². The van der Waals surface area contributed by atoms with Gasteiger partial charge in [-0.15, -0.1) is 0 Å². The number of carboxylic acids is 1. The van der Waals surface area contributed by atoms with Crippen LogP contribution in [0.3, 0.4) is 0 Å². The first kappa shape index (κ1) is 12.5. The van der Waals surface area contributed by atoms with Gasteiger partial charge in [0.1, 0.15) is 0 Å². The van der Waals surface area contributed by atoms with Gasteiger partial charge in [0.2, 0.25) is 0 Å². The van der Waals surface area contributed by atoms with E-state index in [1.54, 1.807) is 6.92 Å². The molecule has 1 aliphatic heterocycles. The van der Waals surface area contributed by atoms with Crippen LogP contribution in [0.25, 0.3) is 0 Å². The summed E-state index contributed by atoms with van der Waals surface area (Å²) in [6, 6.07) is 0.519. The number of aliphatic carboxylic acids is 1. The van der Waals surface area contributed by atoms with Crippen LogP contribution >= 0.6 is 0 Å². The summed E-state index contributed by atoms with van der Waals surface area (Å²) in [4.78, 5) is 13.1. The molecule has 1 aliphatic rings.